The first-order chi connectivity index (χ1) is 7.10. The van der Waals surface area contributed by atoms with E-state index in [-0.39, 0.29) is 17.5 Å². The Labute approximate surface area is 94.0 Å². The molecule has 0 N–H and O–H groups in total. The quantitative estimate of drug-likeness (QED) is 0.380. The molecule has 5 heteroatoms. The number of methoxy groups -OCH3 is 1. The van der Waals surface area contributed by atoms with Crippen LogP contribution >= 0.6 is 11.8 Å². The zero-order valence-corrected chi connectivity index (χ0v) is 10.1. The molecule has 0 fully saturated rings. The Morgan fingerprint density at radius 3 is 2.53 bits per heavy atom. The molecule has 0 saturated heterocycles. The molecule has 0 aliphatic rings. The third-order valence-corrected chi connectivity index (χ3v) is 2.23. The van der Waals surface area contributed by atoms with Crippen molar-refractivity contribution in [1.29, 1.82) is 0 Å². The van der Waals surface area contributed by atoms with E-state index in [1.165, 1.54) is 31.9 Å². The summed E-state index contributed by atoms with van der Waals surface area (Å²) >= 11 is 1.17. The Balaban J connectivity index is 4.13. The van der Waals surface area contributed by atoms with E-state index < -0.39 is 0 Å². The summed E-state index contributed by atoms with van der Waals surface area (Å²) in [6.45, 7) is 3.94. The Kier molecular flexibility index (Phi) is 7.81. The molecule has 0 aliphatic heterocycles. The third-order valence-electron chi connectivity index (χ3n) is 1.33. The van der Waals surface area contributed by atoms with Crippen molar-refractivity contribution in [3.8, 4) is 0 Å². The van der Waals surface area contributed by atoms with Gasteiger partial charge in [-0.05, 0) is 13.3 Å². The number of thioether (sulfide) groups is 1. The van der Waals surface area contributed by atoms with Crippen LogP contribution in [0.5, 0.6) is 0 Å². The van der Waals surface area contributed by atoms with Crippen LogP contribution in [0, 0.1) is 0 Å². The molecule has 0 aromatic carbocycles. The van der Waals surface area contributed by atoms with E-state index in [9.17, 15) is 9.59 Å². The predicted molar refractivity (Wildman–Crippen MR) is 59.5 cm³/mol. The Morgan fingerprint density at radius 1 is 1.40 bits per heavy atom. The average Bonchev–Trinajstić information content (AvgIpc) is 2.20. The van der Waals surface area contributed by atoms with Crippen molar-refractivity contribution in [3.05, 3.63) is 11.2 Å². The first kappa shape index (κ1) is 14.0. The minimum Gasteiger partial charge on any atom is -0.487 e. The number of hydrogen-bond acceptors (Lipinski definition) is 5. The van der Waals surface area contributed by atoms with Crippen LogP contribution in [0.3, 0.4) is 0 Å². The third kappa shape index (κ3) is 8.05. The summed E-state index contributed by atoms with van der Waals surface area (Å²) in [5.41, 5.74) is 0. The van der Waals surface area contributed by atoms with E-state index in [4.69, 9.17) is 4.74 Å². The molecule has 4 nitrogen and oxygen atoms in total. The number of carbonyl (C=O) groups is 2. The van der Waals surface area contributed by atoms with Crippen molar-refractivity contribution in [2.45, 2.75) is 20.3 Å². The molecule has 0 aromatic heterocycles. The minimum atomic E-state index is -0.338. The molecule has 86 valence electrons. The monoisotopic (exact) mass is 232 g/mol. The molecule has 0 unspecified atom stereocenters. The smallest absolute Gasteiger partial charge is 0.316 e. The molecule has 0 heterocycles. The van der Waals surface area contributed by atoms with Crippen LogP contribution in [0.2, 0.25) is 0 Å². The SMILES string of the molecule is CCCO/C(=C\C(C)=O)SCC(=O)OC. The number of ether oxygens (including phenoxy) is 2. The molecule has 0 bridgehead atoms. The first-order valence-corrected chi connectivity index (χ1v) is 5.63. The van der Waals surface area contributed by atoms with Crippen LogP contribution in [0.15, 0.2) is 11.2 Å². The zero-order valence-electron chi connectivity index (χ0n) is 9.24. The van der Waals surface area contributed by atoms with E-state index in [1.807, 2.05) is 6.92 Å². The van der Waals surface area contributed by atoms with Crippen molar-refractivity contribution in [2.75, 3.05) is 19.5 Å². The normalized spacial score (nSPS) is 11.0. The highest BCUT2D eigenvalue weighted by molar-refractivity contribution is 8.03. The van der Waals surface area contributed by atoms with Crippen LogP contribution in [0.4, 0.5) is 0 Å². The van der Waals surface area contributed by atoms with Gasteiger partial charge in [0.2, 0.25) is 0 Å². The average molecular weight is 232 g/mol. The summed E-state index contributed by atoms with van der Waals surface area (Å²) in [5.74, 6) is -0.285. The lowest BCUT2D eigenvalue weighted by Gasteiger charge is -2.07. The molecule has 0 aromatic rings. The number of allylic oxidation sites excluding steroid dienone is 1. The van der Waals surface area contributed by atoms with Crippen molar-refractivity contribution in [1.82, 2.24) is 0 Å². The maximum absolute atomic E-state index is 10.9. The molecule has 0 spiro atoms. The summed E-state index contributed by atoms with van der Waals surface area (Å²) in [5, 5.41) is 0.467. The molecule has 0 saturated carbocycles. The highest BCUT2D eigenvalue weighted by atomic mass is 32.2. The van der Waals surface area contributed by atoms with E-state index in [0.29, 0.717) is 11.7 Å². The maximum Gasteiger partial charge on any atom is 0.316 e. The predicted octanol–water partition coefficient (Wildman–Crippen LogP) is 1.75. The van der Waals surface area contributed by atoms with Gasteiger partial charge in [-0.25, -0.2) is 0 Å². The number of ketones is 1. The van der Waals surface area contributed by atoms with Gasteiger partial charge in [-0.1, -0.05) is 18.7 Å². The van der Waals surface area contributed by atoms with Gasteiger partial charge in [-0.2, -0.15) is 0 Å². The Hall–Kier alpha value is -0.970. The van der Waals surface area contributed by atoms with E-state index in [2.05, 4.69) is 4.74 Å². The van der Waals surface area contributed by atoms with Gasteiger partial charge in [0.1, 0.15) is 0 Å². The summed E-state index contributed by atoms with van der Waals surface area (Å²) in [7, 11) is 1.32. The van der Waals surface area contributed by atoms with Gasteiger partial charge in [-0.15, -0.1) is 0 Å². The molecule has 0 radical (unpaired) electrons. The second-order valence-corrected chi connectivity index (χ2v) is 3.77. The summed E-state index contributed by atoms with van der Waals surface area (Å²) in [4.78, 5) is 21.7. The fourth-order valence-corrected chi connectivity index (χ4v) is 1.48. The van der Waals surface area contributed by atoms with Gasteiger partial charge in [0.05, 0.1) is 19.5 Å². The number of esters is 1. The first-order valence-electron chi connectivity index (χ1n) is 4.64. The van der Waals surface area contributed by atoms with Crippen LogP contribution in [0.1, 0.15) is 20.3 Å². The summed E-state index contributed by atoms with van der Waals surface area (Å²) in [6.07, 6.45) is 2.23. The lowest BCUT2D eigenvalue weighted by atomic mass is 10.4. The summed E-state index contributed by atoms with van der Waals surface area (Å²) < 4.78 is 9.78. The highest BCUT2D eigenvalue weighted by Gasteiger charge is 2.06. The van der Waals surface area contributed by atoms with Gasteiger partial charge in [0.15, 0.2) is 10.9 Å². The Morgan fingerprint density at radius 2 is 2.07 bits per heavy atom. The van der Waals surface area contributed by atoms with Gasteiger partial charge in [-0.3, -0.25) is 9.59 Å². The van der Waals surface area contributed by atoms with E-state index >= 15 is 0 Å². The van der Waals surface area contributed by atoms with Crippen molar-refractivity contribution in [3.63, 3.8) is 0 Å². The van der Waals surface area contributed by atoms with E-state index in [1.54, 1.807) is 0 Å². The van der Waals surface area contributed by atoms with Gasteiger partial charge < -0.3 is 9.47 Å². The molecule has 0 aliphatic carbocycles. The van der Waals surface area contributed by atoms with Gasteiger partial charge >= 0.3 is 5.97 Å². The summed E-state index contributed by atoms with van der Waals surface area (Å²) in [6, 6.07) is 0. The van der Waals surface area contributed by atoms with Crippen molar-refractivity contribution >= 4 is 23.5 Å². The topological polar surface area (TPSA) is 52.6 Å². The lowest BCUT2D eigenvalue weighted by molar-refractivity contribution is -0.137. The van der Waals surface area contributed by atoms with E-state index in [0.717, 1.165) is 6.42 Å². The minimum absolute atomic E-state index is 0.0986. The van der Waals surface area contributed by atoms with Crippen LogP contribution in [0.25, 0.3) is 0 Å². The number of rotatable bonds is 7. The molecule has 0 atom stereocenters. The van der Waals surface area contributed by atoms with Crippen LogP contribution in [-0.4, -0.2) is 31.2 Å². The second-order valence-electron chi connectivity index (χ2n) is 2.79. The fraction of sp³-hybridized carbons (Fsp3) is 0.600. The molecule has 0 amide bonds. The van der Waals surface area contributed by atoms with Crippen LogP contribution < -0.4 is 0 Å². The molecule has 15 heavy (non-hydrogen) atoms. The van der Waals surface area contributed by atoms with Crippen molar-refractivity contribution < 1.29 is 19.1 Å². The lowest BCUT2D eigenvalue weighted by Crippen LogP contribution is -2.05. The number of carbonyl (C=O) groups excluding carboxylic acids is 2. The van der Waals surface area contributed by atoms with Gasteiger partial charge in [0, 0.05) is 6.08 Å². The number of hydrogen-bond donors (Lipinski definition) is 0. The molecular formula is C10H16O4S. The van der Waals surface area contributed by atoms with Crippen molar-refractivity contribution in [2.24, 2.45) is 0 Å². The largest absolute Gasteiger partial charge is 0.487 e. The zero-order chi connectivity index (χ0) is 11.7. The Bertz CT molecular complexity index is 248. The molecular weight excluding hydrogens is 216 g/mol. The van der Waals surface area contributed by atoms with Gasteiger partial charge in [0.25, 0.3) is 0 Å². The fourth-order valence-electron chi connectivity index (χ4n) is 0.683. The molecule has 0 rings (SSSR count). The van der Waals surface area contributed by atoms with Crippen LogP contribution in [-0.2, 0) is 19.1 Å². The maximum atomic E-state index is 10.9. The highest BCUT2D eigenvalue weighted by Crippen LogP contribution is 2.17. The standard InChI is InChI=1S/C10H16O4S/c1-4-5-14-10(6-8(2)11)15-7-9(12)13-3/h6H,4-5,7H2,1-3H3/b10-6+. The second kappa shape index (κ2) is 8.35.